The van der Waals surface area contributed by atoms with Crippen LogP contribution in [0.1, 0.15) is 57.1 Å². The minimum atomic E-state index is 0.0239. The van der Waals surface area contributed by atoms with E-state index in [-0.39, 0.29) is 5.41 Å². The molecule has 2 bridgehead atoms. The summed E-state index contributed by atoms with van der Waals surface area (Å²) in [5.74, 6) is 2.91. The van der Waals surface area contributed by atoms with E-state index < -0.39 is 0 Å². The largest absolute Gasteiger partial charge is 0.244 e. The molecule has 0 amide bonds. The molecule has 5 atom stereocenters. The van der Waals surface area contributed by atoms with Crippen LogP contribution in [0.5, 0.6) is 0 Å². The van der Waals surface area contributed by atoms with E-state index in [1.54, 1.807) is 11.1 Å². The van der Waals surface area contributed by atoms with Gasteiger partial charge in [-0.1, -0.05) is 136 Å². The summed E-state index contributed by atoms with van der Waals surface area (Å²) in [7, 11) is 0. The van der Waals surface area contributed by atoms with E-state index in [1.165, 1.54) is 75.9 Å². The summed E-state index contributed by atoms with van der Waals surface area (Å²) in [4.78, 5) is 10.5. The smallest absolute Gasteiger partial charge is 0.0979 e. The van der Waals surface area contributed by atoms with Crippen molar-refractivity contribution in [1.82, 2.24) is 9.97 Å². The van der Waals surface area contributed by atoms with Gasteiger partial charge in [-0.3, -0.25) is 0 Å². The maximum Gasteiger partial charge on any atom is 0.0979 e. The molecule has 1 aromatic heterocycles. The van der Waals surface area contributed by atoms with E-state index in [0.29, 0.717) is 11.8 Å². The number of benzene rings is 7. The number of fused-ring (bicyclic) bond motifs is 11. The fraction of sp³-hybridized carbons (Fsp3) is 0.231. The van der Waals surface area contributed by atoms with Gasteiger partial charge in [0.15, 0.2) is 0 Å². The molecule has 8 aromatic rings. The second-order valence-corrected chi connectivity index (χ2v) is 16.5. The zero-order valence-electron chi connectivity index (χ0n) is 31.1. The summed E-state index contributed by atoms with van der Waals surface area (Å²) in [6.45, 7) is 5.01. The van der Waals surface area contributed by atoms with Gasteiger partial charge < -0.3 is 0 Å². The van der Waals surface area contributed by atoms with E-state index in [1.807, 2.05) is 6.07 Å². The van der Waals surface area contributed by atoms with Crippen LogP contribution in [0.2, 0.25) is 0 Å². The molecule has 1 heterocycles. The molecule has 0 saturated heterocycles. The van der Waals surface area contributed by atoms with Crippen LogP contribution in [-0.2, 0) is 5.41 Å². The standard InChI is InChI=1S/C52H44N2/c1-3-33-26-34-25-32(2)52(39(27-33)28-34)46-31-38(23-24-43(46)45-29-36-15-7-8-16-37(36)30-47(45)52)40-17-11-19-42-41(40)18-12-20-44(42)51-50(35-13-5-4-6-14-35)53-48-21-9-10-22-49(48)54-51/h4-24,29-34,39H,3,25-28H2,1-2H3. The molecule has 11 rings (SSSR count). The first kappa shape index (κ1) is 31.9. The van der Waals surface area contributed by atoms with Crippen LogP contribution in [0, 0.1) is 23.7 Å². The van der Waals surface area contributed by atoms with Gasteiger partial charge in [0.1, 0.15) is 0 Å². The third-order valence-electron chi connectivity index (χ3n) is 13.8. The molecule has 0 aliphatic heterocycles. The minimum Gasteiger partial charge on any atom is -0.244 e. The van der Waals surface area contributed by atoms with Gasteiger partial charge >= 0.3 is 0 Å². The number of nitrogens with zero attached hydrogens (tertiary/aromatic N) is 2. The lowest BCUT2D eigenvalue weighted by molar-refractivity contribution is 0.0369. The molecule has 2 nitrogen and oxygen atoms in total. The summed E-state index contributed by atoms with van der Waals surface area (Å²) in [6, 6.07) is 53.9. The fourth-order valence-corrected chi connectivity index (χ4v) is 11.5. The van der Waals surface area contributed by atoms with Crippen LogP contribution in [0.3, 0.4) is 0 Å². The lowest BCUT2D eigenvalue weighted by Gasteiger charge is -2.55. The van der Waals surface area contributed by atoms with Crippen molar-refractivity contribution in [3.05, 3.63) is 157 Å². The lowest BCUT2D eigenvalue weighted by atomic mass is 9.49. The van der Waals surface area contributed by atoms with Gasteiger partial charge in [0.2, 0.25) is 0 Å². The lowest BCUT2D eigenvalue weighted by Crippen LogP contribution is -2.49. The molecule has 7 aromatic carbocycles. The van der Waals surface area contributed by atoms with Crippen LogP contribution in [0.4, 0.5) is 0 Å². The summed E-state index contributed by atoms with van der Waals surface area (Å²) >= 11 is 0. The van der Waals surface area contributed by atoms with Gasteiger partial charge in [-0.05, 0) is 135 Å². The zero-order valence-corrected chi connectivity index (χ0v) is 31.1. The molecule has 5 unspecified atom stereocenters. The molecule has 2 saturated carbocycles. The second-order valence-electron chi connectivity index (χ2n) is 16.5. The Kier molecular flexibility index (Phi) is 7.21. The van der Waals surface area contributed by atoms with E-state index in [4.69, 9.17) is 9.97 Å². The zero-order chi connectivity index (χ0) is 36.0. The Labute approximate surface area is 318 Å². The van der Waals surface area contributed by atoms with Gasteiger partial charge in [-0.2, -0.15) is 0 Å². The number of hydrogen-bond acceptors (Lipinski definition) is 2. The number of hydrogen-bond donors (Lipinski definition) is 0. The molecule has 54 heavy (non-hydrogen) atoms. The van der Waals surface area contributed by atoms with E-state index in [0.717, 1.165) is 45.4 Å². The Balaban J connectivity index is 1.12. The quantitative estimate of drug-likeness (QED) is 0.183. The topological polar surface area (TPSA) is 25.8 Å². The summed E-state index contributed by atoms with van der Waals surface area (Å²) in [5, 5.41) is 5.16. The molecule has 2 heteroatoms. The highest BCUT2D eigenvalue weighted by atomic mass is 14.8. The highest BCUT2D eigenvalue weighted by Gasteiger charge is 2.57. The molecular weight excluding hydrogens is 653 g/mol. The van der Waals surface area contributed by atoms with Gasteiger partial charge in [0.25, 0.3) is 0 Å². The molecule has 0 radical (unpaired) electrons. The third-order valence-corrected chi connectivity index (χ3v) is 13.8. The monoisotopic (exact) mass is 696 g/mol. The Morgan fingerprint density at radius 3 is 1.96 bits per heavy atom. The Hall–Kier alpha value is -5.60. The van der Waals surface area contributed by atoms with Crippen molar-refractivity contribution in [2.45, 2.75) is 51.4 Å². The number of para-hydroxylation sites is 2. The highest BCUT2D eigenvalue weighted by Crippen LogP contribution is 2.65. The molecule has 3 aliphatic carbocycles. The van der Waals surface area contributed by atoms with Gasteiger partial charge in [0.05, 0.1) is 22.4 Å². The molecule has 3 aliphatic rings. The van der Waals surface area contributed by atoms with Crippen molar-refractivity contribution in [2.75, 3.05) is 0 Å². The Bertz CT molecular complexity index is 2760. The first-order valence-electron chi connectivity index (χ1n) is 20.1. The van der Waals surface area contributed by atoms with Crippen LogP contribution >= 0.6 is 0 Å². The SMILES string of the molecule is CCC1CC2CC(C)C3(c4cc(-c5cccc6c(-c7nc8ccccc8nc7-c7ccccc7)cccc56)ccc4-c4cc5ccccc5cc43)C(C1)C2. The van der Waals surface area contributed by atoms with Crippen LogP contribution in [-0.4, -0.2) is 9.97 Å². The molecule has 0 N–H and O–H groups in total. The predicted octanol–water partition coefficient (Wildman–Crippen LogP) is 13.7. The van der Waals surface area contributed by atoms with Gasteiger partial charge in [-0.25, -0.2) is 9.97 Å². The maximum absolute atomic E-state index is 5.31. The molecule has 262 valence electrons. The van der Waals surface area contributed by atoms with Crippen molar-refractivity contribution in [3.63, 3.8) is 0 Å². The van der Waals surface area contributed by atoms with Crippen molar-refractivity contribution in [1.29, 1.82) is 0 Å². The summed E-state index contributed by atoms with van der Waals surface area (Å²) in [5.41, 5.74) is 14.5. The van der Waals surface area contributed by atoms with E-state index in [9.17, 15) is 0 Å². The minimum absolute atomic E-state index is 0.0239. The maximum atomic E-state index is 5.31. The normalized spacial score (nSPS) is 22.9. The van der Waals surface area contributed by atoms with Crippen LogP contribution in [0.25, 0.3) is 77.3 Å². The van der Waals surface area contributed by atoms with Gasteiger partial charge in [0, 0.05) is 16.5 Å². The van der Waals surface area contributed by atoms with Crippen molar-refractivity contribution in [3.8, 4) is 44.8 Å². The second kappa shape index (κ2) is 12.2. The summed E-state index contributed by atoms with van der Waals surface area (Å²) < 4.78 is 0. The van der Waals surface area contributed by atoms with E-state index >= 15 is 0 Å². The number of rotatable bonds is 4. The average Bonchev–Trinajstić information content (AvgIpc) is 3.50. The summed E-state index contributed by atoms with van der Waals surface area (Å²) in [6.07, 6.45) is 6.71. The van der Waals surface area contributed by atoms with Crippen molar-refractivity contribution in [2.24, 2.45) is 23.7 Å². The van der Waals surface area contributed by atoms with Crippen LogP contribution < -0.4 is 0 Å². The average molecular weight is 697 g/mol. The number of aromatic nitrogens is 2. The molecule has 2 fully saturated rings. The molecule has 1 spiro atoms. The first-order valence-corrected chi connectivity index (χ1v) is 20.1. The predicted molar refractivity (Wildman–Crippen MR) is 225 cm³/mol. The fourth-order valence-electron chi connectivity index (χ4n) is 11.5. The highest BCUT2D eigenvalue weighted by molar-refractivity contribution is 6.06. The first-order chi connectivity index (χ1) is 26.6. The van der Waals surface area contributed by atoms with Gasteiger partial charge in [-0.15, -0.1) is 0 Å². The van der Waals surface area contributed by atoms with Crippen molar-refractivity contribution >= 4 is 32.6 Å². The van der Waals surface area contributed by atoms with E-state index in [2.05, 4.69) is 153 Å². The third kappa shape index (κ3) is 4.65. The van der Waals surface area contributed by atoms with Crippen LogP contribution in [0.15, 0.2) is 146 Å². The Morgan fingerprint density at radius 1 is 0.519 bits per heavy atom. The Morgan fingerprint density at radius 2 is 1.19 bits per heavy atom. The van der Waals surface area contributed by atoms with Crippen molar-refractivity contribution < 1.29 is 0 Å². The molecular formula is C52H44N2.